The van der Waals surface area contributed by atoms with Gasteiger partial charge in [0.2, 0.25) is 6.17 Å². The summed E-state index contributed by atoms with van der Waals surface area (Å²) in [6.45, 7) is 7.02. The maximum Gasteiger partial charge on any atom is 0.341 e. The third kappa shape index (κ3) is 4.53. The Morgan fingerprint density at radius 2 is 2.27 bits per heavy atom. The molecule has 0 fully saturated rings. The molecule has 0 spiro atoms. The number of esters is 1. The highest BCUT2D eigenvalue weighted by Gasteiger charge is 2.17. The van der Waals surface area contributed by atoms with Gasteiger partial charge in [-0.2, -0.15) is 0 Å². The first-order valence-corrected chi connectivity index (χ1v) is 3.53. The number of allylic oxidation sites excluding steroid dienone is 1. The minimum Gasteiger partial charge on any atom is -0.464 e. The van der Waals surface area contributed by atoms with Crippen molar-refractivity contribution in [2.45, 2.75) is 26.4 Å². The molecule has 0 N–H and O–H groups in total. The summed E-state index contributed by atoms with van der Waals surface area (Å²) in [5.41, 5.74) is 0.644. The highest BCUT2D eigenvalue weighted by Crippen LogP contribution is 2.07. The molecule has 0 rings (SSSR count). The Hall–Kier alpha value is -0.860. The smallest absolute Gasteiger partial charge is 0.341 e. The molecule has 0 aromatic rings. The summed E-state index contributed by atoms with van der Waals surface area (Å²) in [5.74, 6) is -0.796. The lowest BCUT2D eigenvalue weighted by Gasteiger charge is -2.05. The van der Waals surface area contributed by atoms with Crippen molar-refractivity contribution in [2.75, 3.05) is 6.61 Å². The third-order valence-corrected chi connectivity index (χ3v) is 1.07. The maximum atomic E-state index is 12.7. The number of carbonyl (C=O) groups excluding carboxylic acids is 1. The number of halogens is 1. The van der Waals surface area contributed by atoms with Crippen molar-refractivity contribution in [3.8, 4) is 0 Å². The quantitative estimate of drug-likeness (QED) is 0.463. The normalized spacial score (nSPS) is 12.3. The molecule has 0 heterocycles. The highest BCUT2D eigenvalue weighted by molar-refractivity contribution is 5.74. The van der Waals surface area contributed by atoms with Crippen molar-refractivity contribution in [3.63, 3.8) is 0 Å². The van der Waals surface area contributed by atoms with E-state index in [1.807, 2.05) is 0 Å². The van der Waals surface area contributed by atoms with Gasteiger partial charge < -0.3 is 4.74 Å². The van der Waals surface area contributed by atoms with Crippen LogP contribution in [0.4, 0.5) is 4.39 Å². The molecule has 64 valence electrons. The van der Waals surface area contributed by atoms with Crippen LogP contribution in [0.15, 0.2) is 12.2 Å². The Morgan fingerprint density at radius 3 is 2.64 bits per heavy atom. The molecule has 0 saturated carbocycles. The van der Waals surface area contributed by atoms with Crippen LogP contribution in [0.5, 0.6) is 0 Å². The summed E-state index contributed by atoms with van der Waals surface area (Å²) in [6, 6.07) is 0. The van der Waals surface area contributed by atoms with Crippen molar-refractivity contribution in [2.24, 2.45) is 0 Å². The van der Waals surface area contributed by atoms with E-state index in [0.29, 0.717) is 5.57 Å². The number of hydrogen-bond acceptors (Lipinski definition) is 2. The Kier molecular flexibility index (Phi) is 4.50. The van der Waals surface area contributed by atoms with Crippen LogP contribution in [0.3, 0.4) is 0 Å². The summed E-state index contributed by atoms with van der Waals surface area (Å²) in [5, 5.41) is 0. The fourth-order valence-electron chi connectivity index (χ4n) is 0.622. The molecule has 0 aromatic heterocycles. The van der Waals surface area contributed by atoms with E-state index in [1.165, 1.54) is 0 Å². The monoisotopic (exact) mass is 160 g/mol. The minimum atomic E-state index is -1.55. The van der Waals surface area contributed by atoms with Crippen LogP contribution >= 0.6 is 0 Å². The van der Waals surface area contributed by atoms with Gasteiger partial charge in [-0.15, -0.1) is 6.58 Å². The summed E-state index contributed by atoms with van der Waals surface area (Å²) >= 11 is 0. The molecular formula is C8H13FO2. The zero-order valence-corrected chi connectivity index (χ0v) is 6.89. The molecule has 0 saturated heterocycles. The van der Waals surface area contributed by atoms with Gasteiger partial charge in [0, 0.05) is 6.42 Å². The third-order valence-electron chi connectivity index (χ3n) is 1.07. The van der Waals surface area contributed by atoms with Crippen LogP contribution < -0.4 is 0 Å². The van der Waals surface area contributed by atoms with E-state index in [4.69, 9.17) is 0 Å². The molecule has 0 unspecified atom stereocenters. The summed E-state index contributed by atoms with van der Waals surface area (Å²) in [7, 11) is 0. The van der Waals surface area contributed by atoms with Crippen LogP contribution in [0.2, 0.25) is 0 Å². The molecule has 2 nitrogen and oxygen atoms in total. The van der Waals surface area contributed by atoms with E-state index in [0.717, 1.165) is 0 Å². The van der Waals surface area contributed by atoms with Gasteiger partial charge in [0.25, 0.3) is 0 Å². The van der Waals surface area contributed by atoms with Crippen LogP contribution in [-0.2, 0) is 9.53 Å². The van der Waals surface area contributed by atoms with E-state index in [2.05, 4.69) is 11.3 Å². The first kappa shape index (κ1) is 10.1. The number of hydrogen-bond donors (Lipinski definition) is 0. The van der Waals surface area contributed by atoms with Gasteiger partial charge in [0.05, 0.1) is 6.61 Å². The Labute approximate surface area is 66.0 Å². The predicted molar refractivity (Wildman–Crippen MR) is 41.0 cm³/mol. The lowest BCUT2D eigenvalue weighted by Crippen LogP contribution is -2.18. The van der Waals surface area contributed by atoms with Crippen molar-refractivity contribution in [3.05, 3.63) is 12.2 Å². The molecule has 0 aliphatic rings. The predicted octanol–water partition coefficient (Wildman–Crippen LogP) is 1.85. The van der Waals surface area contributed by atoms with E-state index in [9.17, 15) is 9.18 Å². The lowest BCUT2D eigenvalue weighted by molar-refractivity contribution is -0.148. The van der Waals surface area contributed by atoms with Gasteiger partial charge in [-0.1, -0.05) is 5.57 Å². The molecule has 0 aliphatic carbocycles. The number of ether oxygens (including phenoxy) is 1. The van der Waals surface area contributed by atoms with Crippen molar-refractivity contribution >= 4 is 5.97 Å². The second-order valence-electron chi connectivity index (χ2n) is 2.38. The van der Waals surface area contributed by atoms with E-state index >= 15 is 0 Å². The SMILES string of the molecule is C=C(C)C[C@H](F)C(=O)OCC. The largest absolute Gasteiger partial charge is 0.464 e. The Bertz CT molecular complexity index is 154. The number of alkyl halides is 1. The van der Waals surface area contributed by atoms with E-state index in [1.54, 1.807) is 13.8 Å². The lowest BCUT2D eigenvalue weighted by atomic mass is 10.2. The molecule has 3 heteroatoms. The fourth-order valence-corrected chi connectivity index (χ4v) is 0.622. The number of carbonyl (C=O) groups is 1. The molecule has 0 amide bonds. The zero-order chi connectivity index (χ0) is 8.85. The molecular weight excluding hydrogens is 147 g/mol. The van der Waals surface area contributed by atoms with Crippen LogP contribution in [0.1, 0.15) is 20.3 Å². The van der Waals surface area contributed by atoms with Crippen LogP contribution in [0.25, 0.3) is 0 Å². The van der Waals surface area contributed by atoms with Gasteiger partial charge in [0.15, 0.2) is 0 Å². The maximum absolute atomic E-state index is 12.7. The minimum absolute atomic E-state index is 0.0544. The van der Waals surface area contributed by atoms with Gasteiger partial charge >= 0.3 is 5.97 Å². The average Bonchev–Trinajstić information content (AvgIpc) is 1.86. The van der Waals surface area contributed by atoms with Crippen molar-refractivity contribution in [1.29, 1.82) is 0 Å². The first-order chi connectivity index (χ1) is 5.07. The summed E-state index contributed by atoms with van der Waals surface area (Å²) in [4.78, 5) is 10.6. The second-order valence-corrected chi connectivity index (χ2v) is 2.38. The molecule has 0 aromatic carbocycles. The summed E-state index contributed by atoms with van der Waals surface area (Å²) < 4.78 is 17.1. The summed E-state index contributed by atoms with van der Waals surface area (Å²) in [6.07, 6.45) is -1.49. The molecule has 0 aliphatic heterocycles. The van der Waals surface area contributed by atoms with Gasteiger partial charge in [-0.05, 0) is 13.8 Å². The standard InChI is InChI=1S/C8H13FO2/c1-4-11-8(10)7(9)5-6(2)3/h7H,2,4-5H2,1,3H3/t7-/m0/s1. The second kappa shape index (κ2) is 4.88. The van der Waals surface area contributed by atoms with Gasteiger partial charge in [-0.25, -0.2) is 9.18 Å². The molecule has 1 atom stereocenters. The van der Waals surface area contributed by atoms with E-state index in [-0.39, 0.29) is 13.0 Å². The zero-order valence-electron chi connectivity index (χ0n) is 6.89. The van der Waals surface area contributed by atoms with Crippen molar-refractivity contribution in [1.82, 2.24) is 0 Å². The highest BCUT2D eigenvalue weighted by atomic mass is 19.1. The first-order valence-electron chi connectivity index (χ1n) is 3.53. The number of rotatable bonds is 4. The average molecular weight is 160 g/mol. The van der Waals surface area contributed by atoms with Gasteiger partial charge in [-0.3, -0.25) is 0 Å². The molecule has 11 heavy (non-hydrogen) atoms. The van der Waals surface area contributed by atoms with E-state index < -0.39 is 12.1 Å². The molecule has 0 radical (unpaired) electrons. The van der Waals surface area contributed by atoms with Crippen LogP contribution in [-0.4, -0.2) is 18.7 Å². The topological polar surface area (TPSA) is 26.3 Å². The van der Waals surface area contributed by atoms with Crippen molar-refractivity contribution < 1.29 is 13.9 Å². The Morgan fingerprint density at radius 1 is 1.73 bits per heavy atom. The Balaban J connectivity index is 3.73. The van der Waals surface area contributed by atoms with Crippen LogP contribution in [0, 0.1) is 0 Å². The fraction of sp³-hybridized carbons (Fsp3) is 0.625. The molecule has 0 bridgehead atoms. The van der Waals surface area contributed by atoms with Gasteiger partial charge in [0.1, 0.15) is 0 Å².